The number of H-pyrrole nitrogens is 1. The zero-order chi connectivity index (χ0) is 11.5. The third kappa shape index (κ3) is 1.90. The predicted molar refractivity (Wildman–Crippen MR) is 55.7 cm³/mol. The van der Waals surface area contributed by atoms with Crippen LogP contribution < -0.4 is 0 Å². The molecule has 0 saturated heterocycles. The second-order valence-corrected chi connectivity index (χ2v) is 3.22. The van der Waals surface area contributed by atoms with Crippen LogP contribution in [-0.4, -0.2) is 33.0 Å². The number of carbonyl (C=O) groups is 1. The van der Waals surface area contributed by atoms with Gasteiger partial charge in [0, 0.05) is 12.4 Å². The number of imidazole rings is 1. The molecule has 0 aliphatic carbocycles. The smallest absolute Gasteiger partial charge is 0.356 e. The number of methoxy groups -OCH3 is 1. The molecular weight excluding hydrogens is 208 g/mol. The van der Waals surface area contributed by atoms with Gasteiger partial charge in [-0.15, -0.1) is 0 Å². The van der Waals surface area contributed by atoms with Crippen molar-refractivity contribution < 1.29 is 9.53 Å². The molecule has 2 heterocycles. The van der Waals surface area contributed by atoms with E-state index in [0.717, 1.165) is 5.56 Å². The molecule has 0 aliphatic heterocycles. The Balaban J connectivity index is 2.31. The molecule has 16 heavy (non-hydrogen) atoms. The van der Waals surface area contributed by atoms with Crippen LogP contribution in [0.3, 0.4) is 0 Å². The monoisotopic (exact) mass is 218 g/mol. The molecule has 1 N–H and O–H groups in total. The third-order valence-electron chi connectivity index (χ3n) is 1.97. The molecule has 0 spiro atoms. The number of aromatic amines is 1. The minimum atomic E-state index is -0.467. The van der Waals surface area contributed by atoms with Crippen molar-refractivity contribution in [2.75, 3.05) is 7.11 Å². The van der Waals surface area contributed by atoms with Crippen LogP contribution in [0.5, 0.6) is 0 Å². The largest absolute Gasteiger partial charge is 0.464 e. The highest BCUT2D eigenvalue weighted by atomic mass is 16.5. The maximum Gasteiger partial charge on any atom is 0.356 e. The van der Waals surface area contributed by atoms with E-state index in [9.17, 15) is 4.79 Å². The van der Waals surface area contributed by atoms with Crippen LogP contribution in [0.4, 0.5) is 0 Å². The van der Waals surface area contributed by atoms with Crippen molar-refractivity contribution in [3.05, 3.63) is 29.8 Å². The molecule has 0 bridgehead atoms. The summed E-state index contributed by atoms with van der Waals surface area (Å²) in [4.78, 5) is 26.2. The lowest BCUT2D eigenvalue weighted by Crippen LogP contribution is -2.01. The standard InChI is InChI=1S/C10H10N4O2/c1-6-3-11-8(12-4-6)9-13-5-7(14-9)10(15)16-2/h3-5H,1-2H3,(H,13,14). The van der Waals surface area contributed by atoms with Crippen molar-refractivity contribution in [3.63, 3.8) is 0 Å². The topological polar surface area (TPSA) is 80.8 Å². The van der Waals surface area contributed by atoms with E-state index < -0.39 is 5.97 Å². The first-order valence-electron chi connectivity index (χ1n) is 4.63. The fraction of sp³-hybridized carbons (Fsp3) is 0.200. The van der Waals surface area contributed by atoms with Gasteiger partial charge in [-0.25, -0.2) is 19.7 Å². The molecule has 2 aromatic heterocycles. The molecule has 0 unspecified atom stereocenters. The number of carbonyl (C=O) groups excluding carboxylic acids is 1. The summed E-state index contributed by atoms with van der Waals surface area (Å²) < 4.78 is 4.55. The highest BCUT2D eigenvalue weighted by Crippen LogP contribution is 2.10. The number of esters is 1. The van der Waals surface area contributed by atoms with E-state index in [4.69, 9.17) is 0 Å². The second-order valence-electron chi connectivity index (χ2n) is 3.22. The van der Waals surface area contributed by atoms with Crippen molar-refractivity contribution in [1.29, 1.82) is 0 Å². The van der Waals surface area contributed by atoms with Crippen LogP contribution >= 0.6 is 0 Å². The Morgan fingerprint density at radius 3 is 2.56 bits per heavy atom. The molecular formula is C10H10N4O2. The molecule has 0 aliphatic rings. The Labute approximate surface area is 91.7 Å². The van der Waals surface area contributed by atoms with Crippen molar-refractivity contribution in [3.8, 4) is 11.6 Å². The zero-order valence-electron chi connectivity index (χ0n) is 8.89. The van der Waals surface area contributed by atoms with Gasteiger partial charge in [0.15, 0.2) is 11.6 Å². The van der Waals surface area contributed by atoms with E-state index in [1.54, 1.807) is 12.4 Å². The van der Waals surface area contributed by atoms with E-state index >= 15 is 0 Å². The number of nitrogens with zero attached hydrogens (tertiary/aromatic N) is 3. The Kier molecular flexibility index (Phi) is 2.63. The van der Waals surface area contributed by atoms with Crippen LogP contribution in [0.1, 0.15) is 16.1 Å². The number of hydrogen-bond donors (Lipinski definition) is 1. The summed E-state index contributed by atoms with van der Waals surface area (Å²) in [5, 5.41) is 0. The zero-order valence-corrected chi connectivity index (χ0v) is 8.89. The summed E-state index contributed by atoms with van der Waals surface area (Å²) in [7, 11) is 1.31. The van der Waals surface area contributed by atoms with Gasteiger partial charge < -0.3 is 9.72 Å². The molecule has 0 saturated carbocycles. The van der Waals surface area contributed by atoms with Gasteiger partial charge in [-0.1, -0.05) is 0 Å². The first-order chi connectivity index (χ1) is 7.70. The van der Waals surface area contributed by atoms with E-state index in [0.29, 0.717) is 11.6 Å². The molecule has 0 fully saturated rings. The van der Waals surface area contributed by atoms with E-state index in [-0.39, 0.29) is 5.69 Å². The number of aromatic nitrogens is 4. The van der Waals surface area contributed by atoms with Crippen molar-refractivity contribution in [2.45, 2.75) is 6.92 Å². The summed E-state index contributed by atoms with van der Waals surface area (Å²) in [6, 6.07) is 0. The lowest BCUT2D eigenvalue weighted by atomic mass is 10.4. The summed E-state index contributed by atoms with van der Waals surface area (Å²) >= 11 is 0. The van der Waals surface area contributed by atoms with Gasteiger partial charge in [-0.2, -0.15) is 0 Å². The first kappa shape index (κ1) is 10.3. The molecule has 6 nitrogen and oxygen atoms in total. The van der Waals surface area contributed by atoms with Gasteiger partial charge in [-0.05, 0) is 12.5 Å². The van der Waals surface area contributed by atoms with Gasteiger partial charge in [0.1, 0.15) is 5.69 Å². The Morgan fingerprint density at radius 2 is 1.94 bits per heavy atom. The van der Waals surface area contributed by atoms with Crippen LogP contribution in [0.2, 0.25) is 0 Å². The molecule has 2 aromatic rings. The molecule has 0 aromatic carbocycles. The number of nitrogens with one attached hydrogen (secondary N) is 1. The number of hydrogen-bond acceptors (Lipinski definition) is 5. The molecule has 82 valence electrons. The molecule has 6 heteroatoms. The molecule has 2 rings (SSSR count). The van der Waals surface area contributed by atoms with Crippen LogP contribution in [0.25, 0.3) is 11.6 Å². The summed E-state index contributed by atoms with van der Waals surface area (Å²) in [5.41, 5.74) is 1.24. The third-order valence-corrected chi connectivity index (χ3v) is 1.97. The SMILES string of the molecule is COC(=O)c1cnc(-c2ncc(C)cn2)[nH]1. The number of rotatable bonds is 2. The normalized spacial score (nSPS) is 10.1. The van der Waals surface area contributed by atoms with Crippen LogP contribution in [0.15, 0.2) is 18.6 Å². The highest BCUT2D eigenvalue weighted by molar-refractivity contribution is 5.87. The Morgan fingerprint density at radius 1 is 1.25 bits per heavy atom. The lowest BCUT2D eigenvalue weighted by molar-refractivity contribution is 0.0595. The average molecular weight is 218 g/mol. The Hall–Kier alpha value is -2.24. The van der Waals surface area contributed by atoms with Crippen LogP contribution in [-0.2, 0) is 4.74 Å². The van der Waals surface area contributed by atoms with Crippen molar-refractivity contribution >= 4 is 5.97 Å². The van der Waals surface area contributed by atoms with E-state index in [1.165, 1.54) is 13.3 Å². The summed E-state index contributed by atoms with van der Waals surface area (Å²) in [6.07, 6.45) is 4.76. The number of ether oxygens (including phenoxy) is 1. The Bertz CT molecular complexity index is 504. The first-order valence-corrected chi connectivity index (χ1v) is 4.63. The highest BCUT2D eigenvalue weighted by Gasteiger charge is 2.11. The average Bonchev–Trinajstić information content (AvgIpc) is 2.78. The van der Waals surface area contributed by atoms with Gasteiger partial charge in [0.25, 0.3) is 0 Å². The summed E-state index contributed by atoms with van der Waals surface area (Å²) in [5.74, 6) is 0.423. The minimum absolute atomic E-state index is 0.279. The summed E-state index contributed by atoms with van der Waals surface area (Å²) in [6.45, 7) is 1.89. The van der Waals surface area contributed by atoms with Gasteiger partial charge in [-0.3, -0.25) is 0 Å². The maximum absolute atomic E-state index is 11.2. The van der Waals surface area contributed by atoms with Gasteiger partial charge in [0.05, 0.1) is 13.3 Å². The van der Waals surface area contributed by atoms with E-state index in [1.807, 2.05) is 6.92 Å². The van der Waals surface area contributed by atoms with Gasteiger partial charge in [0.2, 0.25) is 0 Å². The maximum atomic E-state index is 11.2. The van der Waals surface area contributed by atoms with Crippen molar-refractivity contribution in [2.24, 2.45) is 0 Å². The van der Waals surface area contributed by atoms with Gasteiger partial charge >= 0.3 is 5.97 Å². The molecule has 0 radical (unpaired) electrons. The lowest BCUT2D eigenvalue weighted by Gasteiger charge is -1.95. The fourth-order valence-corrected chi connectivity index (χ4v) is 1.16. The van der Waals surface area contributed by atoms with Crippen molar-refractivity contribution in [1.82, 2.24) is 19.9 Å². The minimum Gasteiger partial charge on any atom is -0.464 e. The number of aryl methyl sites for hydroxylation is 1. The van der Waals surface area contributed by atoms with Crippen LogP contribution in [0, 0.1) is 6.92 Å². The molecule has 0 atom stereocenters. The quantitative estimate of drug-likeness (QED) is 0.759. The van der Waals surface area contributed by atoms with E-state index in [2.05, 4.69) is 24.7 Å². The molecule has 0 amide bonds. The predicted octanol–water partition coefficient (Wildman–Crippen LogP) is 0.962. The second kappa shape index (κ2) is 4.09. The fourth-order valence-electron chi connectivity index (χ4n) is 1.16.